The van der Waals surface area contributed by atoms with Gasteiger partial charge >= 0.3 is 0 Å². The molecule has 0 N–H and O–H groups in total. The van der Waals surface area contributed by atoms with E-state index in [4.69, 9.17) is 0 Å². The number of amides is 2. The highest BCUT2D eigenvalue weighted by Crippen LogP contribution is 2.20. The normalized spacial score (nSPS) is 10.4. The number of nitrogens with zero attached hydrogens (tertiary/aromatic N) is 3. The molecule has 0 radical (unpaired) electrons. The second-order valence-corrected chi connectivity index (χ2v) is 6.21. The number of hydrogen-bond donors (Lipinski definition) is 0. The Balaban J connectivity index is 2.75. The molecule has 24 heavy (non-hydrogen) atoms. The van der Waals surface area contributed by atoms with Crippen molar-refractivity contribution in [2.75, 3.05) is 43.5 Å². The van der Waals surface area contributed by atoms with E-state index in [1.807, 2.05) is 48.2 Å². The van der Waals surface area contributed by atoms with Gasteiger partial charge in [0.15, 0.2) is 0 Å². The molecule has 0 aliphatic heterocycles. The summed E-state index contributed by atoms with van der Waals surface area (Å²) in [7, 11) is 3.96. The maximum absolute atomic E-state index is 12.4. The van der Waals surface area contributed by atoms with E-state index in [2.05, 4.69) is 13.8 Å². The largest absolute Gasteiger partial charge is 0.378 e. The van der Waals surface area contributed by atoms with E-state index in [1.54, 1.807) is 11.8 Å². The van der Waals surface area contributed by atoms with Gasteiger partial charge in [0.05, 0.1) is 0 Å². The lowest BCUT2D eigenvalue weighted by atomic mass is 10.2. The molecular formula is C19H31N3O2. The number of hydrogen-bond acceptors (Lipinski definition) is 3. The molecule has 0 saturated carbocycles. The fraction of sp³-hybridized carbons (Fsp3) is 0.579. The predicted molar refractivity (Wildman–Crippen MR) is 101 cm³/mol. The fourth-order valence-electron chi connectivity index (χ4n) is 2.67. The molecule has 0 atom stereocenters. The zero-order chi connectivity index (χ0) is 18.1. The summed E-state index contributed by atoms with van der Waals surface area (Å²) in [6, 6.07) is 7.81. The Morgan fingerprint density at radius 2 is 1.38 bits per heavy atom. The van der Waals surface area contributed by atoms with Gasteiger partial charge in [-0.05, 0) is 37.1 Å². The highest BCUT2D eigenvalue weighted by molar-refractivity contribution is 5.92. The maximum atomic E-state index is 12.4. The van der Waals surface area contributed by atoms with Gasteiger partial charge in [0, 0.05) is 58.4 Å². The summed E-state index contributed by atoms with van der Waals surface area (Å²) in [6.45, 7) is 7.67. The molecule has 0 spiro atoms. The third-order valence-corrected chi connectivity index (χ3v) is 3.95. The van der Waals surface area contributed by atoms with Crippen LogP contribution >= 0.6 is 0 Å². The third kappa shape index (κ3) is 5.87. The predicted octanol–water partition coefficient (Wildman–Crippen LogP) is 3.14. The summed E-state index contributed by atoms with van der Waals surface area (Å²) in [5, 5.41) is 0. The Bertz CT molecular complexity index is 520. The summed E-state index contributed by atoms with van der Waals surface area (Å²) < 4.78 is 0. The first-order valence-corrected chi connectivity index (χ1v) is 8.73. The number of anilines is 2. The van der Waals surface area contributed by atoms with E-state index >= 15 is 0 Å². The Hall–Kier alpha value is -2.04. The molecule has 0 unspecified atom stereocenters. The van der Waals surface area contributed by atoms with Crippen molar-refractivity contribution in [1.82, 2.24) is 4.90 Å². The third-order valence-electron chi connectivity index (χ3n) is 3.95. The van der Waals surface area contributed by atoms with Crippen LogP contribution in [0.3, 0.4) is 0 Å². The zero-order valence-corrected chi connectivity index (χ0v) is 15.7. The van der Waals surface area contributed by atoms with Gasteiger partial charge in [0.1, 0.15) is 0 Å². The summed E-state index contributed by atoms with van der Waals surface area (Å²) >= 11 is 0. The van der Waals surface area contributed by atoms with E-state index in [-0.39, 0.29) is 11.8 Å². The molecule has 1 aromatic carbocycles. The summed E-state index contributed by atoms with van der Waals surface area (Å²) in [5.74, 6) is 0.0767. The van der Waals surface area contributed by atoms with Gasteiger partial charge in [-0.1, -0.05) is 13.8 Å². The van der Waals surface area contributed by atoms with Crippen LogP contribution in [0, 0.1) is 0 Å². The maximum Gasteiger partial charge on any atom is 0.224 e. The standard InChI is InChI=1S/C19H31N3O2/c1-6-13-21(14-7-2)19(24)12-15-22(16(3)23)18-10-8-17(9-11-18)20(4)5/h8-11H,6-7,12-15H2,1-5H3. The van der Waals surface area contributed by atoms with Crippen LogP contribution in [0.25, 0.3) is 0 Å². The highest BCUT2D eigenvalue weighted by atomic mass is 16.2. The zero-order valence-electron chi connectivity index (χ0n) is 15.7. The Morgan fingerprint density at radius 1 is 0.875 bits per heavy atom. The van der Waals surface area contributed by atoms with E-state index < -0.39 is 0 Å². The summed E-state index contributed by atoms with van der Waals surface area (Å²) in [6.07, 6.45) is 2.26. The molecule has 0 fully saturated rings. The van der Waals surface area contributed by atoms with Crippen molar-refractivity contribution in [1.29, 1.82) is 0 Å². The molecule has 0 aromatic heterocycles. The van der Waals surface area contributed by atoms with Crippen LogP contribution in [0.15, 0.2) is 24.3 Å². The Morgan fingerprint density at radius 3 is 1.79 bits per heavy atom. The van der Waals surface area contributed by atoms with Crippen molar-refractivity contribution in [2.24, 2.45) is 0 Å². The fourth-order valence-corrected chi connectivity index (χ4v) is 2.67. The van der Waals surface area contributed by atoms with Gasteiger partial charge < -0.3 is 14.7 Å². The monoisotopic (exact) mass is 333 g/mol. The highest BCUT2D eigenvalue weighted by Gasteiger charge is 2.17. The number of carbonyl (C=O) groups is 2. The van der Waals surface area contributed by atoms with Crippen LogP contribution in [0.4, 0.5) is 11.4 Å². The molecule has 2 amide bonds. The molecule has 5 nitrogen and oxygen atoms in total. The van der Waals surface area contributed by atoms with Crippen molar-refractivity contribution >= 4 is 23.2 Å². The van der Waals surface area contributed by atoms with E-state index in [9.17, 15) is 9.59 Å². The average Bonchev–Trinajstić information content (AvgIpc) is 2.54. The van der Waals surface area contributed by atoms with Gasteiger partial charge in [-0.25, -0.2) is 0 Å². The first kappa shape index (κ1) is 20.0. The van der Waals surface area contributed by atoms with Gasteiger partial charge in [-0.3, -0.25) is 9.59 Å². The minimum Gasteiger partial charge on any atom is -0.378 e. The molecule has 0 heterocycles. The van der Waals surface area contributed by atoms with Gasteiger partial charge in [0.2, 0.25) is 11.8 Å². The lowest BCUT2D eigenvalue weighted by Crippen LogP contribution is -2.37. The van der Waals surface area contributed by atoms with E-state index in [1.165, 1.54) is 0 Å². The molecular weight excluding hydrogens is 302 g/mol. The van der Waals surface area contributed by atoms with Crippen LogP contribution in [-0.4, -0.2) is 50.4 Å². The van der Waals surface area contributed by atoms with Crippen LogP contribution in [-0.2, 0) is 9.59 Å². The topological polar surface area (TPSA) is 43.9 Å². The summed E-state index contributed by atoms with van der Waals surface area (Å²) in [5.41, 5.74) is 1.91. The van der Waals surface area contributed by atoms with Crippen LogP contribution in [0.1, 0.15) is 40.0 Å². The van der Waals surface area contributed by atoms with Gasteiger partial charge in [0.25, 0.3) is 0 Å². The Labute approximate surface area is 146 Å². The van der Waals surface area contributed by atoms with Gasteiger partial charge in [-0.15, -0.1) is 0 Å². The van der Waals surface area contributed by atoms with Crippen molar-refractivity contribution < 1.29 is 9.59 Å². The lowest BCUT2D eigenvalue weighted by molar-refractivity contribution is -0.131. The second kappa shape index (κ2) is 9.96. The number of rotatable bonds is 9. The van der Waals surface area contributed by atoms with Crippen molar-refractivity contribution in [3.05, 3.63) is 24.3 Å². The van der Waals surface area contributed by atoms with Gasteiger partial charge in [-0.2, -0.15) is 0 Å². The molecule has 0 aliphatic carbocycles. The lowest BCUT2D eigenvalue weighted by Gasteiger charge is -2.25. The number of carbonyl (C=O) groups excluding carboxylic acids is 2. The molecule has 5 heteroatoms. The summed E-state index contributed by atoms with van der Waals surface area (Å²) in [4.78, 5) is 30.0. The van der Waals surface area contributed by atoms with Crippen LogP contribution in [0.5, 0.6) is 0 Å². The molecule has 1 rings (SSSR count). The number of benzene rings is 1. The molecule has 1 aromatic rings. The SMILES string of the molecule is CCCN(CCC)C(=O)CCN(C(C)=O)c1ccc(N(C)C)cc1. The molecule has 0 bridgehead atoms. The van der Waals surface area contributed by atoms with E-state index in [0.717, 1.165) is 37.3 Å². The van der Waals surface area contributed by atoms with Crippen LogP contribution < -0.4 is 9.80 Å². The van der Waals surface area contributed by atoms with E-state index in [0.29, 0.717) is 13.0 Å². The molecule has 0 aliphatic rings. The quantitative estimate of drug-likeness (QED) is 0.697. The average molecular weight is 333 g/mol. The van der Waals surface area contributed by atoms with Crippen molar-refractivity contribution in [3.63, 3.8) is 0 Å². The molecule has 0 saturated heterocycles. The Kier molecular flexibility index (Phi) is 8.30. The van der Waals surface area contributed by atoms with Crippen molar-refractivity contribution in [2.45, 2.75) is 40.0 Å². The van der Waals surface area contributed by atoms with Crippen LogP contribution in [0.2, 0.25) is 0 Å². The minimum absolute atomic E-state index is 0.0436. The smallest absolute Gasteiger partial charge is 0.224 e. The minimum atomic E-state index is -0.0436. The molecule has 134 valence electrons. The first-order chi connectivity index (χ1) is 11.4. The first-order valence-electron chi connectivity index (χ1n) is 8.73. The second-order valence-electron chi connectivity index (χ2n) is 6.21. The van der Waals surface area contributed by atoms with Crippen molar-refractivity contribution in [3.8, 4) is 0 Å².